The van der Waals surface area contributed by atoms with E-state index in [1.165, 1.54) is 0 Å². The van der Waals surface area contributed by atoms with Crippen LogP contribution >= 0.6 is 0 Å². The van der Waals surface area contributed by atoms with Crippen LogP contribution in [-0.4, -0.2) is 58.3 Å². The highest BCUT2D eigenvalue weighted by molar-refractivity contribution is 5.76. The van der Waals surface area contributed by atoms with Crippen molar-refractivity contribution < 1.29 is 29.4 Å². The molecule has 1 aromatic heterocycles. The number of hydrogen-bond donors (Lipinski definition) is 4. The molecule has 4 aromatic rings. The maximum absolute atomic E-state index is 12.4. The van der Waals surface area contributed by atoms with E-state index in [0.717, 1.165) is 84.3 Å². The van der Waals surface area contributed by atoms with E-state index in [9.17, 15) is 14.7 Å². The third-order valence-electron chi connectivity index (χ3n) is 9.22. The molecule has 3 aromatic carbocycles. The van der Waals surface area contributed by atoms with Crippen LogP contribution in [-0.2, 0) is 38.6 Å². The first-order chi connectivity index (χ1) is 24.9. The fourth-order valence-corrected chi connectivity index (χ4v) is 6.29. The van der Waals surface area contributed by atoms with Gasteiger partial charge in [0.05, 0.1) is 18.8 Å². The van der Waals surface area contributed by atoms with Gasteiger partial charge in [0.15, 0.2) is 6.29 Å². The van der Waals surface area contributed by atoms with E-state index >= 15 is 0 Å². The number of nitrogens with zero attached hydrogens (tertiary/aromatic N) is 2. The van der Waals surface area contributed by atoms with Crippen LogP contribution in [0.5, 0.6) is 0 Å². The number of pyridine rings is 1. The zero-order valence-corrected chi connectivity index (χ0v) is 29.4. The predicted octanol–water partition coefficient (Wildman–Crippen LogP) is 6.42. The molecule has 0 radical (unpaired) electrons. The maximum Gasteiger partial charge on any atom is 0.243 e. The van der Waals surface area contributed by atoms with Crippen LogP contribution in [0.1, 0.15) is 85.3 Å². The third kappa shape index (κ3) is 12.1. The van der Waals surface area contributed by atoms with E-state index in [2.05, 4.69) is 64.7 Å². The average molecular weight is 695 g/mol. The number of hydrogen-bond acceptors (Lipinski definition) is 8. The Morgan fingerprint density at radius 3 is 2.27 bits per heavy atom. The molecule has 1 fully saturated rings. The van der Waals surface area contributed by atoms with Gasteiger partial charge in [0, 0.05) is 62.8 Å². The number of unbranched alkanes of at least 4 members (excludes halogenated alkanes) is 3. The van der Waals surface area contributed by atoms with Gasteiger partial charge in [0.1, 0.15) is 0 Å². The lowest BCUT2D eigenvalue weighted by Gasteiger charge is -2.38. The number of aromatic nitrogens is 1. The van der Waals surface area contributed by atoms with Crippen molar-refractivity contribution >= 4 is 11.8 Å². The molecule has 1 aliphatic heterocycles. The van der Waals surface area contributed by atoms with Gasteiger partial charge in [-0.15, -0.1) is 0 Å². The molecular formula is C41H50N4O6. The smallest absolute Gasteiger partial charge is 0.243 e. The summed E-state index contributed by atoms with van der Waals surface area (Å²) in [5, 5.41) is 21.1. The second-order valence-electron chi connectivity index (χ2n) is 13.2. The summed E-state index contributed by atoms with van der Waals surface area (Å²) in [5.74, 6) is -0.374. The van der Waals surface area contributed by atoms with E-state index < -0.39 is 6.29 Å². The van der Waals surface area contributed by atoms with Crippen molar-refractivity contribution in [1.29, 1.82) is 0 Å². The fraction of sp³-hybridized carbons (Fsp3) is 0.390. The molecular weight excluding hydrogens is 644 g/mol. The van der Waals surface area contributed by atoms with Crippen molar-refractivity contribution in [1.82, 2.24) is 20.7 Å². The highest BCUT2D eigenvalue weighted by atomic mass is 16.7. The zero-order chi connectivity index (χ0) is 35.8. The van der Waals surface area contributed by atoms with Crippen LogP contribution in [0, 0.1) is 0 Å². The monoisotopic (exact) mass is 694 g/mol. The largest absolute Gasteiger partial charge is 0.392 e. The molecule has 0 bridgehead atoms. The number of carbonyl (C=O) groups is 2. The Kier molecular flexibility index (Phi) is 14.7. The molecule has 0 unspecified atom stereocenters. The van der Waals surface area contributed by atoms with E-state index in [4.69, 9.17) is 14.7 Å². The van der Waals surface area contributed by atoms with E-state index in [1.807, 2.05) is 54.7 Å². The lowest BCUT2D eigenvalue weighted by atomic mass is 9.99. The van der Waals surface area contributed by atoms with Crippen LogP contribution in [0.2, 0.25) is 0 Å². The minimum absolute atomic E-state index is 0.00292. The first kappa shape index (κ1) is 37.8. The molecule has 4 N–H and O–H groups in total. The van der Waals surface area contributed by atoms with Crippen LogP contribution in [0.25, 0.3) is 11.1 Å². The molecule has 0 spiro atoms. The Hall–Kier alpha value is -4.45. The number of hydroxylamine groups is 1. The summed E-state index contributed by atoms with van der Waals surface area (Å²) in [4.78, 5) is 30.3. The first-order valence-corrected chi connectivity index (χ1v) is 17.9. The van der Waals surface area contributed by atoms with Crippen LogP contribution < -0.4 is 10.8 Å². The van der Waals surface area contributed by atoms with Gasteiger partial charge in [-0.05, 0) is 65.9 Å². The normalized spacial score (nSPS) is 17.3. The van der Waals surface area contributed by atoms with E-state index in [-0.39, 0.29) is 30.6 Å². The number of carbonyl (C=O) groups excluding carboxylic acids is 2. The summed E-state index contributed by atoms with van der Waals surface area (Å²) < 4.78 is 13.2. The zero-order valence-electron chi connectivity index (χ0n) is 29.4. The average Bonchev–Trinajstić information content (AvgIpc) is 3.18. The number of nitrogens with one attached hydrogen (secondary N) is 2. The lowest BCUT2D eigenvalue weighted by Crippen LogP contribution is -2.38. The molecule has 51 heavy (non-hydrogen) atoms. The third-order valence-corrected chi connectivity index (χ3v) is 9.22. The summed E-state index contributed by atoms with van der Waals surface area (Å²) in [7, 11) is 2.11. The van der Waals surface area contributed by atoms with Gasteiger partial charge < -0.3 is 24.8 Å². The van der Waals surface area contributed by atoms with Gasteiger partial charge in [0.25, 0.3) is 0 Å². The minimum atomic E-state index is -0.536. The van der Waals surface area contributed by atoms with Gasteiger partial charge in [-0.3, -0.25) is 19.8 Å². The van der Waals surface area contributed by atoms with Crippen LogP contribution in [0.3, 0.4) is 0 Å². The van der Waals surface area contributed by atoms with E-state index in [0.29, 0.717) is 25.8 Å². The van der Waals surface area contributed by atoms with Crippen molar-refractivity contribution in [3.05, 3.63) is 125 Å². The van der Waals surface area contributed by atoms with Gasteiger partial charge >= 0.3 is 0 Å². The molecule has 2 amide bonds. The summed E-state index contributed by atoms with van der Waals surface area (Å²) in [6.45, 7) is 2.07. The predicted molar refractivity (Wildman–Crippen MR) is 195 cm³/mol. The Balaban J connectivity index is 1.18. The highest BCUT2D eigenvalue weighted by Crippen LogP contribution is 2.38. The number of aliphatic hydroxyl groups excluding tert-OH is 1. The number of amides is 2. The van der Waals surface area contributed by atoms with Crippen LogP contribution in [0.4, 0.5) is 0 Å². The number of benzene rings is 3. The van der Waals surface area contributed by atoms with Gasteiger partial charge in [0.2, 0.25) is 11.8 Å². The maximum atomic E-state index is 12.4. The first-order valence-electron chi connectivity index (χ1n) is 17.9. The number of rotatable bonds is 18. The summed E-state index contributed by atoms with van der Waals surface area (Å²) in [5.41, 5.74) is 8.71. The molecule has 10 nitrogen and oxygen atoms in total. The Bertz CT molecular complexity index is 1650. The minimum Gasteiger partial charge on any atom is -0.392 e. The number of likely N-dealkylation sites (N-methyl/N-ethyl adjacent to an activating group) is 1. The van der Waals surface area contributed by atoms with E-state index in [1.54, 1.807) is 5.48 Å². The summed E-state index contributed by atoms with van der Waals surface area (Å²) >= 11 is 0. The molecule has 1 aliphatic rings. The SMILES string of the molecule is CN(CCc1ccccn1)C[C@@H]1C[C@H](c2ccc(CO)cc2)O[C@H](c2ccc(-c3cccc(CNC(=O)CCCCCCC(=O)NO)c3)cc2)O1. The van der Waals surface area contributed by atoms with Crippen molar-refractivity contribution in [2.45, 2.75) is 83.0 Å². The summed E-state index contributed by atoms with van der Waals surface area (Å²) in [6, 6.07) is 30.4. The number of ether oxygens (including phenoxy) is 2. The van der Waals surface area contributed by atoms with Gasteiger partial charge in [-0.1, -0.05) is 85.6 Å². The van der Waals surface area contributed by atoms with Gasteiger partial charge in [-0.25, -0.2) is 5.48 Å². The molecule has 1 saturated heterocycles. The summed E-state index contributed by atoms with van der Waals surface area (Å²) in [6.07, 6.45) is 6.54. The molecule has 0 aliphatic carbocycles. The van der Waals surface area contributed by atoms with Gasteiger partial charge in [-0.2, -0.15) is 0 Å². The Labute approximate surface area is 300 Å². The van der Waals surface area contributed by atoms with Crippen molar-refractivity contribution in [3.8, 4) is 11.1 Å². The topological polar surface area (TPSA) is 133 Å². The molecule has 2 heterocycles. The quantitative estimate of drug-likeness (QED) is 0.0533. The lowest BCUT2D eigenvalue weighted by molar-refractivity contribution is -0.252. The molecule has 270 valence electrons. The van der Waals surface area contributed by atoms with Crippen molar-refractivity contribution in [2.75, 3.05) is 20.1 Å². The van der Waals surface area contributed by atoms with Crippen LogP contribution in [0.15, 0.2) is 97.2 Å². The van der Waals surface area contributed by atoms with Crippen molar-refractivity contribution in [3.63, 3.8) is 0 Å². The second kappa shape index (κ2) is 19.8. The Morgan fingerprint density at radius 1 is 0.824 bits per heavy atom. The molecule has 5 rings (SSSR count). The molecule has 0 saturated carbocycles. The highest BCUT2D eigenvalue weighted by Gasteiger charge is 2.32. The fourth-order valence-electron chi connectivity index (χ4n) is 6.29. The molecule has 3 atom stereocenters. The number of aliphatic hydroxyl groups is 1. The second-order valence-corrected chi connectivity index (χ2v) is 13.2. The standard InChI is InChI=1S/C41H50N4O6/c1-45(24-22-36-11-6-7-23-42-36)28-37-26-38(33-16-14-30(29-46)15-17-33)51-41(50-37)34-20-18-32(19-21-34)35-10-8-9-31(25-35)27-43-39(47)12-4-2-3-5-13-40(48)44-49/h6-11,14-21,23,25,37-38,41,46,49H,2-5,12-13,22,24,26-29H2,1H3,(H,43,47)(H,44,48)/t37-,38+,41+/m0/s1. The molecule has 10 heteroatoms. The van der Waals surface area contributed by atoms with Crippen molar-refractivity contribution in [2.24, 2.45) is 0 Å². The Morgan fingerprint density at radius 2 is 1.57 bits per heavy atom.